The Morgan fingerprint density at radius 1 is 0.747 bits per heavy atom. The Hall–Kier alpha value is -5.96. The topological polar surface area (TPSA) is 123 Å². The van der Waals surface area contributed by atoms with Crippen LogP contribution in [0.1, 0.15) is 188 Å². The van der Waals surface area contributed by atoms with Crippen LogP contribution >= 0.6 is 22.7 Å². The summed E-state index contributed by atoms with van der Waals surface area (Å²) in [7, 11) is 0. The largest absolute Gasteiger partial charge is 0.506 e. The summed E-state index contributed by atoms with van der Waals surface area (Å²) in [6.07, 6.45) is 22.9. The molecule has 4 heterocycles. The highest BCUT2D eigenvalue weighted by Crippen LogP contribution is 2.54. The number of aliphatic hydroxyl groups excluding tert-OH is 1. The molecule has 9 nitrogen and oxygen atoms in total. The lowest BCUT2D eigenvalue weighted by atomic mass is 9.77. The molecule has 2 aliphatic heterocycles. The van der Waals surface area contributed by atoms with Gasteiger partial charge in [-0.1, -0.05) is 144 Å². The average Bonchev–Trinajstić information content (AvgIpc) is 4.20. The number of thiophene rings is 2. The molecular formula is C68H86N3O6S2+. The van der Waals surface area contributed by atoms with Crippen LogP contribution in [0.3, 0.4) is 0 Å². The fourth-order valence-electron chi connectivity index (χ4n) is 12.0. The molecule has 0 saturated carbocycles. The molecule has 79 heavy (non-hydrogen) atoms. The number of carboxylic acid groups (broad SMARTS) is 1. The van der Waals surface area contributed by atoms with E-state index in [1.165, 1.54) is 35.1 Å². The van der Waals surface area contributed by atoms with Gasteiger partial charge >= 0.3 is 5.97 Å². The second-order valence-corrected chi connectivity index (χ2v) is 25.5. The van der Waals surface area contributed by atoms with Crippen molar-refractivity contribution in [2.75, 3.05) is 31.2 Å². The van der Waals surface area contributed by atoms with Crippen molar-refractivity contribution in [2.45, 2.75) is 183 Å². The number of ketones is 1. The van der Waals surface area contributed by atoms with Crippen LogP contribution in [0.15, 0.2) is 94.9 Å². The Kier molecular flexibility index (Phi) is 19.5. The Bertz CT molecular complexity index is 3190. The lowest BCUT2D eigenvalue weighted by molar-refractivity contribution is -0.438. The maximum atomic E-state index is 14.5. The first kappa shape index (κ1) is 59.2. The van der Waals surface area contributed by atoms with Gasteiger partial charge in [0.15, 0.2) is 5.71 Å². The maximum Gasteiger partial charge on any atom is 0.346 e. The number of aliphatic hydroxyl groups is 1. The number of allylic oxidation sites excluding steroid dienone is 5. The number of carboxylic acids is 1. The Balaban J connectivity index is 1.22. The van der Waals surface area contributed by atoms with Gasteiger partial charge in [0, 0.05) is 68.0 Å². The summed E-state index contributed by atoms with van der Waals surface area (Å²) in [4.78, 5) is 30.7. The number of nitriles is 1. The number of rotatable bonds is 29. The summed E-state index contributed by atoms with van der Waals surface area (Å²) in [6, 6.07) is 21.4. The number of hydrogen-bond donors (Lipinski definition) is 2. The van der Waals surface area contributed by atoms with Crippen molar-refractivity contribution in [1.82, 2.24) is 0 Å². The molecule has 3 aliphatic rings. The van der Waals surface area contributed by atoms with Crippen LogP contribution in [0.25, 0.3) is 36.7 Å². The molecule has 1 aliphatic carbocycles. The van der Waals surface area contributed by atoms with Gasteiger partial charge in [0.1, 0.15) is 35.4 Å². The van der Waals surface area contributed by atoms with E-state index in [0.717, 1.165) is 174 Å². The third kappa shape index (κ3) is 12.2. The molecule has 5 aromatic rings. The number of fused-ring (bicyclic) bond motifs is 4. The van der Waals surface area contributed by atoms with E-state index in [4.69, 9.17) is 9.47 Å². The molecule has 0 bridgehead atoms. The zero-order valence-corrected chi connectivity index (χ0v) is 50.5. The predicted molar refractivity (Wildman–Crippen MR) is 330 cm³/mol. The van der Waals surface area contributed by atoms with E-state index in [9.17, 15) is 25.1 Å². The Morgan fingerprint density at radius 2 is 1.37 bits per heavy atom. The summed E-state index contributed by atoms with van der Waals surface area (Å²) in [5.74, 6) is 0.940. The predicted octanol–water partition coefficient (Wildman–Crippen LogP) is 18.5. The molecule has 420 valence electrons. The van der Waals surface area contributed by atoms with E-state index in [0.29, 0.717) is 41.1 Å². The van der Waals surface area contributed by atoms with Crippen LogP contribution in [-0.4, -0.2) is 58.6 Å². The summed E-state index contributed by atoms with van der Waals surface area (Å²) in [5.41, 5.74) is 7.35. The second-order valence-electron chi connectivity index (χ2n) is 23.3. The third-order valence-electron chi connectivity index (χ3n) is 17.0. The van der Waals surface area contributed by atoms with Crippen LogP contribution in [0.5, 0.6) is 11.5 Å². The number of aliphatic carboxylic acids is 1. The summed E-state index contributed by atoms with van der Waals surface area (Å²) < 4.78 is 18.3. The standard InChI is InChI=1S/C68H85N3O6S2/c1-11-17-21-25-33-70-55-30-24-23-29-53(55)67(7,8)58(70)39-49-60(72)50(61(49)73)40-59-68(9,10)54-36-46(31-32-56(54)71(59)34-26-22-18-12-2)57-38-52-63(77-43-45(16-6)28-20-14-4)64-51(37-48(78-64)35-47(41-69)66(74)75)62(65(52)79-57)76-42-44(15-5)27-19-13-3/h23-24,29-32,35-40,44-45H,11-22,25-28,33-34,42-43H2,1-10H3,(H-,72,73,74,75)/p+1. The zero-order chi connectivity index (χ0) is 56.6. The van der Waals surface area contributed by atoms with Gasteiger partial charge in [-0.3, -0.25) is 4.79 Å². The minimum atomic E-state index is -1.26. The van der Waals surface area contributed by atoms with Gasteiger partial charge in [-0.2, -0.15) is 9.84 Å². The second kappa shape index (κ2) is 26.1. The molecule has 0 amide bonds. The van der Waals surface area contributed by atoms with E-state index in [1.54, 1.807) is 11.3 Å². The molecular weight excluding hydrogens is 1020 g/mol. The van der Waals surface area contributed by atoms with Gasteiger partial charge in [-0.25, -0.2) is 4.79 Å². The highest BCUT2D eigenvalue weighted by atomic mass is 32.1. The number of carbonyl (C=O) groups excluding carboxylic acids is 1. The van der Waals surface area contributed by atoms with Gasteiger partial charge in [0.25, 0.3) is 0 Å². The summed E-state index contributed by atoms with van der Waals surface area (Å²) >= 11 is 3.13. The number of anilines is 1. The van der Waals surface area contributed by atoms with E-state index >= 15 is 0 Å². The molecule has 11 heteroatoms. The molecule has 0 fully saturated rings. The van der Waals surface area contributed by atoms with Crippen molar-refractivity contribution in [3.8, 4) is 28.0 Å². The summed E-state index contributed by atoms with van der Waals surface area (Å²) in [6.45, 7) is 25.0. The van der Waals surface area contributed by atoms with E-state index in [2.05, 4.69) is 127 Å². The molecule has 0 saturated heterocycles. The molecule has 2 unspecified atom stereocenters. The van der Waals surface area contributed by atoms with Crippen LogP contribution in [0.4, 0.5) is 11.4 Å². The minimum Gasteiger partial charge on any atom is -0.506 e. The van der Waals surface area contributed by atoms with Crippen LogP contribution < -0.4 is 14.4 Å². The molecule has 2 atom stereocenters. The van der Waals surface area contributed by atoms with Crippen molar-refractivity contribution < 1.29 is 33.9 Å². The fourth-order valence-corrected chi connectivity index (χ4v) is 14.2. The number of Topliss-reactive ketones (excluding diaryl/α,β-unsaturated/α-hetero) is 1. The van der Waals surface area contributed by atoms with Crippen molar-refractivity contribution in [1.29, 1.82) is 5.26 Å². The number of benzene rings is 3. The van der Waals surface area contributed by atoms with Gasteiger partial charge in [-0.15, -0.1) is 22.7 Å². The van der Waals surface area contributed by atoms with Gasteiger partial charge in [0.2, 0.25) is 11.5 Å². The number of ether oxygens (including phenoxy) is 2. The third-order valence-corrected chi connectivity index (χ3v) is 19.3. The van der Waals surface area contributed by atoms with Crippen molar-refractivity contribution in [2.24, 2.45) is 11.8 Å². The van der Waals surface area contributed by atoms with Gasteiger partial charge in [-0.05, 0) is 105 Å². The number of unbranched alkanes of at least 4 members (excludes halogenated alkanes) is 8. The van der Waals surface area contributed by atoms with Gasteiger partial charge in [0.05, 0.1) is 39.2 Å². The first-order valence-corrected chi connectivity index (χ1v) is 31.4. The Morgan fingerprint density at radius 3 is 1.97 bits per heavy atom. The van der Waals surface area contributed by atoms with E-state index in [-0.39, 0.29) is 22.5 Å². The SMILES string of the molecule is CCCCCCN1C(=CC2=C(O)C(=CC3=[N+](CCCCCC)c4ccc(-c5cc6c(OCC(CC)CCCC)c7sc(C=C(C#N)C(=O)O)cc7c(OCC(CC)CCCC)c6s5)cc4C3(C)C)C2=O)C(C)(C)c2ccccc21. The lowest BCUT2D eigenvalue weighted by Crippen LogP contribution is -2.32. The lowest BCUT2D eigenvalue weighted by Gasteiger charge is -2.29. The number of hydrogen-bond acceptors (Lipinski definition) is 9. The Labute approximate surface area is 479 Å². The smallest absolute Gasteiger partial charge is 0.346 e. The summed E-state index contributed by atoms with van der Waals surface area (Å²) in [5, 5.41) is 33.5. The van der Waals surface area contributed by atoms with Crippen LogP contribution in [0.2, 0.25) is 0 Å². The van der Waals surface area contributed by atoms with Crippen LogP contribution in [-0.2, 0) is 20.4 Å². The van der Waals surface area contributed by atoms with Crippen LogP contribution in [0, 0.1) is 23.2 Å². The normalized spacial score (nSPS) is 17.5. The molecule has 0 radical (unpaired) electrons. The van der Waals surface area contributed by atoms with E-state index < -0.39 is 11.4 Å². The monoisotopic (exact) mass is 1100 g/mol. The molecule has 3 aromatic carbocycles. The number of nitrogens with zero attached hydrogens (tertiary/aromatic N) is 3. The van der Waals surface area contributed by atoms with Crippen molar-refractivity contribution >= 4 is 77.8 Å². The number of carbonyl (C=O) groups is 2. The highest BCUT2D eigenvalue weighted by Gasteiger charge is 2.48. The maximum absolute atomic E-state index is 14.5. The van der Waals surface area contributed by atoms with Crippen molar-refractivity contribution in [3.63, 3.8) is 0 Å². The van der Waals surface area contributed by atoms with Gasteiger partial charge < -0.3 is 24.6 Å². The molecule has 2 N–H and O–H groups in total. The van der Waals surface area contributed by atoms with Crippen molar-refractivity contribution in [3.05, 3.63) is 111 Å². The van der Waals surface area contributed by atoms with E-state index in [1.807, 2.05) is 24.3 Å². The molecule has 0 spiro atoms. The first-order chi connectivity index (χ1) is 38.1. The fraction of sp³-hybridized carbons (Fsp3) is 0.500. The zero-order valence-electron chi connectivity index (χ0n) is 48.9. The molecule has 8 rings (SSSR count). The highest BCUT2D eigenvalue weighted by molar-refractivity contribution is 7.23. The number of para-hydroxylation sites is 1. The quantitative estimate of drug-likeness (QED) is 0.0210. The average molecular weight is 1110 g/mol. The molecule has 2 aromatic heterocycles. The minimum absolute atomic E-state index is 0.0593. The first-order valence-electron chi connectivity index (χ1n) is 29.8.